The van der Waals surface area contributed by atoms with Crippen LogP contribution in [0.4, 0.5) is 0 Å². The Morgan fingerprint density at radius 3 is 2.21 bits per heavy atom. The molecule has 2 amide bonds. The molecule has 3 rings (SSSR count). The Morgan fingerprint density at radius 2 is 1.56 bits per heavy atom. The van der Waals surface area contributed by atoms with Gasteiger partial charge in [0.25, 0.3) is 0 Å². The van der Waals surface area contributed by atoms with E-state index in [0.29, 0.717) is 13.0 Å². The molecule has 0 aliphatic heterocycles. The van der Waals surface area contributed by atoms with Crippen LogP contribution in [0, 0.1) is 6.92 Å². The molecule has 0 fully saturated rings. The van der Waals surface area contributed by atoms with Crippen LogP contribution in [0.2, 0.25) is 0 Å². The van der Waals surface area contributed by atoms with Crippen LogP contribution in [0.1, 0.15) is 37.0 Å². The number of hydrogen-bond acceptors (Lipinski definition) is 3. The van der Waals surface area contributed by atoms with Gasteiger partial charge in [-0.2, -0.15) is 0 Å². The van der Waals surface area contributed by atoms with Crippen molar-refractivity contribution >= 4 is 23.6 Å². The van der Waals surface area contributed by atoms with Crippen LogP contribution in [0.25, 0.3) is 0 Å². The maximum absolute atomic E-state index is 13.6. The van der Waals surface area contributed by atoms with Gasteiger partial charge >= 0.3 is 0 Å². The van der Waals surface area contributed by atoms with Gasteiger partial charge < -0.3 is 10.2 Å². The molecular formula is C29H34N2O2S. The molecule has 0 aliphatic carbocycles. The summed E-state index contributed by atoms with van der Waals surface area (Å²) in [7, 11) is 0. The lowest BCUT2D eigenvalue weighted by Crippen LogP contribution is -2.52. The number of carbonyl (C=O) groups is 2. The van der Waals surface area contributed by atoms with Crippen molar-refractivity contribution in [3.05, 3.63) is 102 Å². The van der Waals surface area contributed by atoms with Gasteiger partial charge in [-0.3, -0.25) is 9.59 Å². The Kier molecular flexibility index (Phi) is 9.77. The number of thioether (sulfide) groups is 1. The van der Waals surface area contributed by atoms with Gasteiger partial charge in [-0.1, -0.05) is 85.3 Å². The van der Waals surface area contributed by atoms with Crippen molar-refractivity contribution in [1.29, 1.82) is 0 Å². The number of nitrogens with one attached hydrogen (secondary N) is 1. The molecule has 0 bridgehead atoms. The van der Waals surface area contributed by atoms with Gasteiger partial charge in [0.15, 0.2) is 0 Å². The van der Waals surface area contributed by atoms with Gasteiger partial charge in [0.05, 0.1) is 5.75 Å². The predicted octanol–water partition coefficient (Wildman–Crippen LogP) is 5.64. The van der Waals surface area contributed by atoms with E-state index in [4.69, 9.17) is 0 Å². The fraction of sp³-hybridized carbons (Fsp3) is 0.310. The molecule has 4 nitrogen and oxygen atoms in total. The van der Waals surface area contributed by atoms with E-state index in [2.05, 4.69) is 11.4 Å². The van der Waals surface area contributed by atoms with E-state index in [-0.39, 0.29) is 23.6 Å². The molecule has 0 spiro atoms. The number of amides is 2. The topological polar surface area (TPSA) is 49.4 Å². The minimum absolute atomic E-state index is 0.0420. The molecule has 34 heavy (non-hydrogen) atoms. The van der Waals surface area contributed by atoms with Crippen molar-refractivity contribution < 1.29 is 9.59 Å². The first-order valence-corrected chi connectivity index (χ1v) is 12.8. The molecule has 0 unspecified atom stereocenters. The maximum atomic E-state index is 13.6. The fourth-order valence-corrected chi connectivity index (χ4v) is 4.55. The molecule has 0 heterocycles. The van der Waals surface area contributed by atoms with Crippen LogP contribution in [-0.4, -0.2) is 34.6 Å². The van der Waals surface area contributed by atoms with E-state index in [1.807, 2.05) is 99.6 Å². The van der Waals surface area contributed by atoms with Crippen LogP contribution in [0.15, 0.2) is 89.8 Å². The zero-order valence-corrected chi connectivity index (χ0v) is 21.1. The fourth-order valence-electron chi connectivity index (χ4n) is 3.75. The summed E-state index contributed by atoms with van der Waals surface area (Å²) in [6.45, 7) is 6.47. The van der Waals surface area contributed by atoms with Crippen molar-refractivity contribution in [2.75, 3.05) is 5.75 Å². The highest BCUT2D eigenvalue weighted by atomic mass is 32.2. The average Bonchev–Trinajstić information content (AvgIpc) is 2.85. The molecule has 0 saturated heterocycles. The molecule has 3 aromatic carbocycles. The number of hydrogen-bond donors (Lipinski definition) is 1. The van der Waals surface area contributed by atoms with Crippen molar-refractivity contribution in [2.24, 2.45) is 0 Å². The SMILES string of the molecule is CC[C@@H](C)NC(=O)[C@@H](Cc1ccccc1)N(Cc1cccc(C)c1)C(=O)CSc1ccccc1. The van der Waals surface area contributed by atoms with Crippen LogP contribution >= 0.6 is 11.8 Å². The minimum Gasteiger partial charge on any atom is -0.352 e. The lowest BCUT2D eigenvalue weighted by atomic mass is 10.0. The van der Waals surface area contributed by atoms with Crippen LogP contribution < -0.4 is 5.32 Å². The molecule has 0 saturated carbocycles. The summed E-state index contributed by atoms with van der Waals surface area (Å²) in [5.74, 6) is 0.122. The molecule has 0 aromatic heterocycles. The highest BCUT2D eigenvalue weighted by molar-refractivity contribution is 8.00. The van der Waals surface area contributed by atoms with Gasteiger partial charge in [-0.15, -0.1) is 11.8 Å². The summed E-state index contributed by atoms with van der Waals surface area (Å²) in [6, 6.07) is 27.4. The summed E-state index contributed by atoms with van der Waals surface area (Å²) < 4.78 is 0. The van der Waals surface area contributed by atoms with Gasteiger partial charge in [0.1, 0.15) is 6.04 Å². The van der Waals surface area contributed by atoms with E-state index in [1.165, 1.54) is 11.8 Å². The van der Waals surface area contributed by atoms with Crippen LogP contribution in [0.3, 0.4) is 0 Å². The number of rotatable bonds is 11. The molecule has 3 aromatic rings. The van der Waals surface area contributed by atoms with Crippen molar-refractivity contribution in [1.82, 2.24) is 10.2 Å². The third-order valence-electron chi connectivity index (χ3n) is 5.81. The Bertz CT molecular complexity index is 1060. The highest BCUT2D eigenvalue weighted by Crippen LogP contribution is 2.21. The highest BCUT2D eigenvalue weighted by Gasteiger charge is 2.31. The Morgan fingerprint density at radius 1 is 0.912 bits per heavy atom. The molecule has 1 N–H and O–H groups in total. The van der Waals surface area contributed by atoms with E-state index in [0.717, 1.165) is 28.0 Å². The number of nitrogens with zero attached hydrogens (tertiary/aromatic N) is 1. The molecule has 178 valence electrons. The largest absolute Gasteiger partial charge is 0.352 e. The van der Waals surface area contributed by atoms with Gasteiger partial charge in [0, 0.05) is 23.9 Å². The van der Waals surface area contributed by atoms with Gasteiger partial charge in [-0.05, 0) is 43.5 Å². The first-order chi connectivity index (χ1) is 16.5. The first kappa shape index (κ1) is 25.6. The summed E-state index contributed by atoms with van der Waals surface area (Å²) >= 11 is 1.50. The molecule has 2 atom stereocenters. The summed E-state index contributed by atoms with van der Waals surface area (Å²) in [5.41, 5.74) is 3.18. The quantitative estimate of drug-likeness (QED) is 0.366. The lowest BCUT2D eigenvalue weighted by molar-refractivity contribution is -0.139. The lowest BCUT2D eigenvalue weighted by Gasteiger charge is -2.32. The standard InChI is InChI=1S/C29H34N2O2S/c1-4-23(3)30-29(33)27(19-24-13-7-5-8-14-24)31(20-25-15-11-12-22(2)18-25)28(32)21-34-26-16-9-6-10-17-26/h5-18,23,27H,4,19-21H2,1-3H3,(H,30,33)/t23-,27-/m1/s1. The number of aryl methyl sites for hydroxylation is 1. The normalized spacial score (nSPS) is 12.6. The van der Waals surface area contributed by atoms with Gasteiger partial charge in [-0.25, -0.2) is 0 Å². The minimum atomic E-state index is -0.596. The maximum Gasteiger partial charge on any atom is 0.243 e. The second-order valence-corrected chi connectivity index (χ2v) is 9.68. The summed E-state index contributed by atoms with van der Waals surface area (Å²) in [5, 5.41) is 3.12. The molecule has 0 radical (unpaired) electrons. The van der Waals surface area contributed by atoms with Gasteiger partial charge in [0.2, 0.25) is 11.8 Å². The van der Waals surface area contributed by atoms with E-state index in [9.17, 15) is 9.59 Å². The predicted molar refractivity (Wildman–Crippen MR) is 141 cm³/mol. The monoisotopic (exact) mass is 474 g/mol. The van der Waals surface area contributed by atoms with Crippen molar-refractivity contribution in [3.63, 3.8) is 0 Å². The van der Waals surface area contributed by atoms with Crippen LogP contribution in [-0.2, 0) is 22.6 Å². The number of carbonyl (C=O) groups excluding carboxylic acids is 2. The second-order valence-electron chi connectivity index (χ2n) is 8.64. The third-order valence-corrected chi connectivity index (χ3v) is 6.81. The Labute approximate surface area is 207 Å². The molecular weight excluding hydrogens is 440 g/mol. The smallest absolute Gasteiger partial charge is 0.243 e. The van der Waals surface area contributed by atoms with E-state index in [1.54, 1.807) is 4.90 Å². The summed E-state index contributed by atoms with van der Waals surface area (Å²) in [6.07, 6.45) is 1.30. The zero-order valence-electron chi connectivity index (χ0n) is 20.2. The van der Waals surface area contributed by atoms with Crippen molar-refractivity contribution in [3.8, 4) is 0 Å². The van der Waals surface area contributed by atoms with E-state index >= 15 is 0 Å². The third kappa shape index (κ3) is 7.77. The summed E-state index contributed by atoms with van der Waals surface area (Å²) in [4.78, 5) is 29.9. The van der Waals surface area contributed by atoms with Crippen LogP contribution in [0.5, 0.6) is 0 Å². The Balaban J connectivity index is 1.91. The second kappa shape index (κ2) is 13.0. The Hall–Kier alpha value is -3.05. The molecule has 5 heteroatoms. The van der Waals surface area contributed by atoms with Crippen molar-refractivity contribution in [2.45, 2.75) is 57.1 Å². The molecule has 0 aliphatic rings. The van der Waals surface area contributed by atoms with E-state index < -0.39 is 6.04 Å². The first-order valence-electron chi connectivity index (χ1n) is 11.8. The number of benzene rings is 3. The zero-order chi connectivity index (χ0) is 24.3. The average molecular weight is 475 g/mol.